The first-order valence-electron chi connectivity index (χ1n) is 7.51. The van der Waals surface area contributed by atoms with E-state index in [9.17, 15) is 5.11 Å². The summed E-state index contributed by atoms with van der Waals surface area (Å²) in [6.45, 7) is 5.75. The Balaban J connectivity index is 1.99. The van der Waals surface area contributed by atoms with Crippen LogP contribution in [0.1, 0.15) is 25.3 Å². The molecule has 0 aliphatic carbocycles. The highest BCUT2D eigenvalue weighted by atomic mass is 35.5. The van der Waals surface area contributed by atoms with E-state index in [-0.39, 0.29) is 0 Å². The lowest BCUT2D eigenvalue weighted by Crippen LogP contribution is -2.31. The van der Waals surface area contributed by atoms with Crippen LogP contribution < -0.4 is 5.32 Å². The van der Waals surface area contributed by atoms with E-state index in [2.05, 4.69) is 12.2 Å². The van der Waals surface area contributed by atoms with Gasteiger partial charge < -0.3 is 19.9 Å². The van der Waals surface area contributed by atoms with Crippen molar-refractivity contribution in [3.8, 4) is 0 Å². The van der Waals surface area contributed by atoms with Crippen molar-refractivity contribution in [1.29, 1.82) is 0 Å². The van der Waals surface area contributed by atoms with Gasteiger partial charge in [-0.05, 0) is 31.0 Å². The summed E-state index contributed by atoms with van der Waals surface area (Å²) in [5.74, 6) is 0. The van der Waals surface area contributed by atoms with Crippen LogP contribution in [-0.2, 0) is 16.1 Å². The molecule has 0 heterocycles. The molecule has 120 valence electrons. The van der Waals surface area contributed by atoms with Crippen LogP contribution in [0, 0.1) is 0 Å². The van der Waals surface area contributed by atoms with E-state index in [1.165, 1.54) is 0 Å². The number of rotatable bonds is 12. The first-order chi connectivity index (χ1) is 10.2. The molecular formula is C16H26ClNO3. The van der Waals surface area contributed by atoms with Gasteiger partial charge in [-0.3, -0.25) is 0 Å². The molecule has 0 aliphatic rings. The van der Waals surface area contributed by atoms with Gasteiger partial charge in [-0.25, -0.2) is 0 Å². The predicted molar refractivity (Wildman–Crippen MR) is 85.7 cm³/mol. The molecule has 1 rings (SSSR count). The predicted octanol–water partition coefficient (Wildman–Crippen LogP) is 2.62. The zero-order valence-electron chi connectivity index (χ0n) is 12.7. The fraction of sp³-hybridized carbons (Fsp3) is 0.625. The van der Waals surface area contributed by atoms with Gasteiger partial charge in [0.15, 0.2) is 0 Å². The normalized spacial score (nSPS) is 12.5. The molecule has 1 aromatic carbocycles. The van der Waals surface area contributed by atoms with Gasteiger partial charge in [-0.1, -0.05) is 36.7 Å². The summed E-state index contributed by atoms with van der Waals surface area (Å²) >= 11 is 6.03. The van der Waals surface area contributed by atoms with E-state index in [0.717, 1.165) is 38.2 Å². The van der Waals surface area contributed by atoms with Gasteiger partial charge in [0.2, 0.25) is 0 Å². The van der Waals surface area contributed by atoms with Crippen molar-refractivity contribution < 1.29 is 14.6 Å². The lowest BCUT2D eigenvalue weighted by Gasteiger charge is -2.13. The summed E-state index contributed by atoms with van der Waals surface area (Å²) in [4.78, 5) is 0. The molecule has 0 aromatic heterocycles. The van der Waals surface area contributed by atoms with Crippen molar-refractivity contribution in [2.24, 2.45) is 0 Å². The summed E-state index contributed by atoms with van der Waals surface area (Å²) < 4.78 is 10.8. The smallest absolute Gasteiger partial charge is 0.0897 e. The molecule has 0 bridgehead atoms. The maximum atomic E-state index is 9.79. The van der Waals surface area contributed by atoms with Gasteiger partial charge in [0.05, 0.1) is 19.3 Å². The van der Waals surface area contributed by atoms with Crippen LogP contribution in [0.4, 0.5) is 0 Å². The molecule has 0 aliphatic heterocycles. The molecule has 1 unspecified atom stereocenters. The average Bonchev–Trinajstić information content (AvgIpc) is 2.48. The Morgan fingerprint density at radius 1 is 1.24 bits per heavy atom. The number of aliphatic hydroxyl groups is 1. The molecule has 1 atom stereocenters. The Bertz CT molecular complexity index is 376. The molecule has 0 amide bonds. The molecule has 0 radical (unpaired) electrons. The van der Waals surface area contributed by atoms with Gasteiger partial charge in [0.1, 0.15) is 0 Å². The summed E-state index contributed by atoms with van der Waals surface area (Å²) in [5.41, 5.74) is 0.937. The Morgan fingerprint density at radius 3 is 2.81 bits per heavy atom. The highest BCUT2D eigenvalue weighted by molar-refractivity contribution is 6.31. The van der Waals surface area contributed by atoms with Crippen LogP contribution in [0.3, 0.4) is 0 Å². The third kappa shape index (κ3) is 9.06. The van der Waals surface area contributed by atoms with Crippen molar-refractivity contribution in [3.05, 3.63) is 34.9 Å². The second kappa shape index (κ2) is 12.0. The number of halogens is 1. The van der Waals surface area contributed by atoms with E-state index >= 15 is 0 Å². The van der Waals surface area contributed by atoms with Gasteiger partial charge in [-0.2, -0.15) is 0 Å². The highest BCUT2D eigenvalue weighted by Crippen LogP contribution is 2.15. The number of benzene rings is 1. The summed E-state index contributed by atoms with van der Waals surface area (Å²) in [5, 5.41) is 13.7. The number of aliphatic hydroxyl groups excluding tert-OH is 1. The van der Waals surface area contributed by atoms with Crippen molar-refractivity contribution in [2.45, 2.75) is 32.5 Å². The van der Waals surface area contributed by atoms with E-state index in [1.54, 1.807) is 0 Å². The minimum Gasteiger partial charge on any atom is -0.389 e. The van der Waals surface area contributed by atoms with Crippen LogP contribution in [0.2, 0.25) is 5.02 Å². The molecule has 2 N–H and O–H groups in total. The van der Waals surface area contributed by atoms with Crippen molar-refractivity contribution in [3.63, 3.8) is 0 Å². The quantitative estimate of drug-likeness (QED) is 0.582. The third-order valence-electron chi connectivity index (χ3n) is 2.90. The van der Waals surface area contributed by atoms with Gasteiger partial charge in [0.25, 0.3) is 0 Å². The number of hydrogen-bond donors (Lipinski definition) is 2. The monoisotopic (exact) mass is 315 g/mol. The van der Waals surface area contributed by atoms with Gasteiger partial charge >= 0.3 is 0 Å². The topological polar surface area (TPSA) is 50.7 Å². The number of hydrogen-bond acceptors (Lipinski definition) is 4. The fourth-order valence-electron chi connectivity index (χ4n) is 1.79. The molecule has 1 aromatic rings. The molecule has 21 heavy (non-hydrogen) atoms. The first-order valence-corrected chi connectivity index (χ1v) is 7.89. The van der Waals surface area contributed by atoms with Crippen LogP contribution in [0.15, 0.2) is 24.3 Å². The summed E-state index contributed by atoms with van der Waals surface area (Å²) in [6, 6.07) is 7.56. The number of nitrogens with one attached hydrogen (secondary N) is 1. The van der Waals surface area contributed by atoms with E-state index < -0.39 is 6.10 Å². The van der Waals surface area contributed by atoms with Crippen LogP contribution >= 0.6 is 11.6 Å². The molecular weight excluding hydrogens is 290 g/mol. The fourth-order valence-corrected chi connectivity index (χ4v) is 1.98. The minimum atomic E-state index is -0.510. The zero-order chi connectivity index (χ0) is 15.3. The Labute approximate surface area is 132 Å². The SMILES string of the molecule is CCCOCCCNCC(O)COCc1ccccc1Cl. The number of ether oxygens (including phenoxy) is 2. The van der Waals surface area contributed by atoms with Crippen molar-refractivity contribution >= 4 is 11.6 Å². The van der Waals surface area contributed by atoms with Gasteiger partial charge in [-0.15, -0.1) is 0 Å². The lowest BCUT2D eigenvalue weighted by molar-refractivity contribution is 0.0286. The molecule has 4 nitrogen and oxygen atoms in total. The second-order valence-electron chi connectivity index (χ2n) is 4.93. The average molecular weight is 316 g/mol. The van der Waals surface area contributed by atoms with Crippen molar-refractivity contribution in [1.82, 2.24) is 5.32 Å². The zero-order valence-corrected chi connectivity index (χ0v) is 13.4. The Hall–Kier alpha value is -0.650. The van der Waals surface area contributed by atoms with E-state index in [1.807, 2.05) is 24.3 Å². The molecule has 0 saturated carbocycles. The van der Waals surface area contributed by atoms with Gasteiger partial charge in [0, 0.05) is 24.8 Å². The van der Waals surface area contributed by atoms with Crippen LogP contribution in [0.5, 0.6) is 0 Å². The lowest BCUT2D eigenvalue weighted by atomic mass is 10.2. The highest BCUT2D eigenvalue weighted by Gasteiger charge is 2.05. The third-order valence-corrected chi connectivity index (χ3v) is 3.27. The minimum absolute atomic E-state index is 0.296. The van der Waals surface area contributed by atoms with E-state index in [0.29, 0.717) is 24.8 Å². The molecule has 5 heteroatoms. The maximum absolute atomic E-state index is 9.79. The Morgan fingerprint density at radius 2 is 2.05 bits per heavy atom. The molecule has 0 spiro atoms. The van der Waals surface area contributed by atoms with Crippen LogP contribution in [-0.4, -0.2) is 44.1 Å². The molecule has 0 saturated heterocycles. The Kier molecular flexibility index (Phi) is 10.5. The largest absolute Gasteiger partial charge is 0.389 e. The van der Waals surface area contributed by atoms with E-state index in [4.69, 9.17) is 21.1 Å². The standard InChI is InChI=1S/C16H26ClNO3/c1-2-9-20-10-5-8-18-11-15(19)13-21-12-14-6-3-4-7-16(14)17/h3-4,6-7,15,18-19H,2,5,8-13H2,1H3. The summed E-state index contributed by atoms with van der Waals surface area (Å²) in [6.07, 6.45) is 1.49. The maximum Gasteiger partial charge on any atom is 0.0897 e. The van der Waals surface area contributed by atoms with Crippen LogP contribution in [0.25, 0.3) is 0 Å². The summed E-state index contributed by atoms with van der Waals surface area (Å²) in [7, 11) is 0. The molecule has 0 fully saturated rings. The second-order valence-corrected chi connectivity index (χ2v) is 5.34. The van der Waals surface area contributed by atoms with Crippen molar-refractivity contribution in [2.75, 3.05) is 32.9 Å². The first kappa shape index (κ1) is 18.4.